The van der Waals surface area contributed by atoms with E-state index in [1.54, 1.807) is 4.90 Å². The van der Waals surface area contributed by atoms with Gasteiger partial charge in [-0.05, 0) is 17.7 Å². The maximum Gasteiger partial charge on any atom is 0.103 e. The van der Waals surface area contributed by atoms with Gasteiger partial charge in [0.1, 0.15) is 6.54 Å². The van der Waals surface area contributed by atoms with Crippen molar-refractivity contribution < 1.29 is 4.90 Å². The third-order valence-corrected chi connectivity index (χ3v) is 4.51. The van der Waals surface area contributed by atoms with Gasteiger partial charge in [0.25, 0.3) is 0 Å². The van der Waals surface area contributed by atoms with Crippen LogP contribution in [0.3, 0.4) is 0 Å². The summed E-state index contributed by atoms with van der Waals surface area (Å²) in [6.45, 7) is 5.45. The normalized spacial score (nSPS) is 16.3. The Balaban J connectivity index is 1.48. The highest BCUT2D eigenvalue weighted by Gasteiger charge is 2.18. The minimum atomic E-state index is 1.02. The Kier molecular flexibility index (Phi) is 5.24. The molecular formula is C18H21BrN3+. The van der Waals surface area contributed by atoms with Gasteiger partial charge in [-0.1, -0.05) is 58.4 Å². The van der Waals surface area contributed by atoms with E-state index in [0.29, 0.717) is 0 Å². The van der Waals surface area contributed by atoms with Crippen LogP contribution in [0.25, 0.3) is 0 Å². The van der Waals surface area contributed by atoms with E-state index in [4.69, 9.17) is 0 Å². The van der Waals surface area contributed by atoms with Crippen molar-refractivity contribution in [1.29, 1.82) is 0 Å². The Bertz CT molecular complexity index is 602. The lowest BCUT2D eigenvalue weighted by Crippen LogP contribution is -3.13. The number of nitrogens with zero attached hydrogens (tertiary/aromatic N) is 2. The summed E-state index contributed by atoms with van der Waals surface area (Å²) in [5.41, 5.74) is 2.56. The largest absolute Gasteiger partial charge is 0.328 e. The first-order valence-electron chi connectivity index (χ1n) is 7.71. The summed E-state index contributed by atoms with van der Waals surface area (Å²) in [6, 6.07) is 19.0. The topological polar surface area (TPSA) is 20.0 Å². The van der Waals surface area contributed by atoms with Crippen molar-refractivity contribution in [2.75, 3.05) is 26.2 Å². The van der Waals surface area contributed by atoms with Gasteiger partial charge >= 0.3 is 0 Å². The zero-order valence-corrected chi connectivity index (χ0v) is 14.2. The number of hydrazone groups is 1. The molecule has 0 spiro atoms. The van der Waals surface area contributed by atoms with Crippen LogP contribution in [0, 0.1) is 0 Å². The fourth-order valence-electron chi connectivity index (χ4n) is 2.69. The number of rotatable bonds is 4. The molecule has 1 heterocycles. The highest BCUT2D eigenvalue weighted by Crippen LogP contribution is 2.09. The van der Waals surface area contributed by atoms with Gasteiger partial charge < -0.3 is 4.90 Å². The maximum absolute atomic E-state index is 4.60. The van der Waals surface area contributed by atoms with Crippen LogP contribution in [0.2, 0.25) is 0 Å². The second-order valence-corrected chi connectivity index (χ2v) is 6.58. The van der Waals surface area contributed by atoms with E-state index in [1.165, 1.54) is 5.56 Å². The van der Waals surface area contributed by atoms with Crippen LogP contribution in [0.1, 0.15) is 11.1 Å². The Labute approximate surface area is 140 Å². The molecule has 114 valence electrons. The standard InChI is InChI=1S/C18H20BrN3/c19-18-8-6-16(7-9-18)14-20-22-12-10-21(11-13-22)15-17-4-2-1-3-5-17/h1-9,14H,10-13,15H2/p+1/b20-14+. The van der Waals surface area contributed by atoms with Crippen LogP contribution in [0.15, 0.2) is 64.2 Å². The van der Waals surface area contributed by atoms with Gasteiger partial charge in [0, 0.05) is 10.0 Å². The average Bonchev–Trinajstić information content (AvgIpc) is 2.57. The third kappa shape index (κ3) is 4.42. The van der Waals surface area contributed by atoms with E-state index >= 15 is 0 Å². The Morgan fingerprint density at radius 3 is 2.36 bits per heavy atom. The smallest absolute Gasteiger partial charge is 0.103 e. The van der Waals surface area contributed by atoms with Gasteiger partial charge in [0.2, 0.25) is 0 Å². The summed E-state index contributed by atoms with van der Waals surface area (Å²) >= 11 is 3.45. The molecule has 3 rings (SSSR count). The van der Waals surface area contributed by atoms with Crippen LogP contribution in [-0.4, -0.2) is 37.4 Å². The van der Waals surface area contributed by atoms with Crippen molar-refractivity contribution in [2.45, 2.75) is 6.54 Å². The van der Waals surface area contributed by atoms with E-state index in [0.717, 1.165) is 42.8 Å². The molecule has 1 aliphatic heterocycles. The number of quaternary nitrogens is 1. The van der Waals surface area contributed by atoms with Crippen LogP contribution in [0.5, 0.6) is 0 Å². The number of hydrogen-bond donors (Lipinski definition) is 1. The first kappa shape index (κ1) is 15.3. The number of benzene rings is 2. The molecule has 1 aliphatic rings. The summed E-state index contributed by atoms with van der Waals surface area (Å²) in [4.78, 5) is 1.64. The van der Waals surface area contributed by atoms with Gasteiger partial charge in [0.15, 0.2) is 0 Å². The van der Waals surface area contributed by atoms with Crippen LogP contribution in [0.4, 0.5) is 0 Å². The fraction of sp³-hybridized carbons (Fsp3) is 0.278. The minimum absolute atomic E-state index is 1.02. The average molecular weight is 359 g/mol. The molecule has 22 heavy (non-hydrogen) atoms. The van der Waals surface area contributed by atoms with E-state index < -0.39 is 0 Å². The molecule has 0 saturated carbocycles. The molecule has 0 aromatic heterocycles. The van der Waals surface area contributed by atoms with E-state index in [2.05, 4.69) is 68.5 Å². The highest BCUT2D eigenvalue weighted by molar-refractivity contribution is 9.10. The molecule has 0 atom stereocenters. The zero-order chi connectivity index (χ0) is 15.2. The summed E-state index contributed by atoms with van der Waals surface area (Å²) in [6.07, 6.45) is 1.95. The molecule has 3 nitrogen and oxygen atoms in total. The van der Waals surface area contributed by atoms with Crippen molar-refractivity contribution in [3.63, 3.8) is 0 Å². The second kappa shape index (κ2) is 7.56. The Morgan fingerprint density at radius 1 is 1.00 bits per heavy atom. The van der Waals surface area contributed by atoms with Gasteiger partial charge in [-0.2, -0.15) is 5.10 Å². The molecule has 1 N–H and O–H groups in total. The van der Waals surface area contributed by atoms with E-state index in [1.807, 2.05) is 18.3 Å². The molecular weight excluding hydrogens is 338 g/mol. The van der Waals surface area contributed by atoms with Gasteiger partial charge in [-0.25, -0.2) is 0 Å². The van der Waals surface area contributed by atoms with Crippen molar-refractivity contribution in [2.24, 2.45) is 5.10 Å². The molecule has 2 aromatic rings. The monoisotopic (exact) mass is 358 g/mol. The van der Waals surface area contributed by atoms with Gasteiger partial charge in [-0.3, -0.25) is 5.01 Å². The number of nitrogens with one attached hydrogen (secondary N) is 1. The van der Waals surface area contributed by atoms with Gasteiger partial charge in [0.05, 0.1) is 32.4 Å². The molecule has 0 aliphatic carbocycles. The lowest BCUT2D eigenvalue weighted by molar-refractivity contribution is -0.918. The molecule has 4 heteroatoms. The predicted octanol–water partition coefficient (Wildman–Crippen LogP) is 2.18. The molecule has 0 radical (unpaired) electrons. The second-order valence-electron chi connectivity index (χ2n) is 5.66. The number of piperazine rings is 1. The summed E-state index contributed by atoms with van der Waals surface area (Å²) < 4.78 is 1.10. The molecule has 2 aromatic carbocycles. The molecule has 0 bridgehead atoms. The third-order valence-electron chi connectivity index (χ3n) is 3.98. The van der Waals surface area contributed by atoms with Crippen molar-refractivity contribution >= 4 is 22.1 Å². The quantitative estimate of drug-likeness (QED) is 0.830. The number of hydrogen-bond acceptors (Lipinski definition) is 2. The van der Waals surface area contributed by atoms with Crippen molar-refractivity contribution in [3.05, 3.63) is 70.2 Å². The Morgan fingerprint density at radius 2 is 1.68 bits per heavy atom. The SMILES string of the molecule is Brc1ccc(/C=N/N2CC[NH+](Cc3ccccc3)CC2)cc1. The lowest BCUT2D eigenvalue weighted by Gasteiger charge is -2.30. The Hall–Kier alpha value is -1.65. The van der Waals surface area contributed by atoms with Crippen molar-refractivity contribution in [1.82, 2.24) is 5.01 Å². The first-order valence-corrected chi connectivity index (χ1v) is 8.51. The summed E-state index contributed by atoms with van der Waals surface area (Å²) in [7, 11) is 0. The van der Waals surface area contributed by atoms with Crippen LogP contribution in [-0.2, 0) is 6.54 Å². The summed E-state index contributed by atoms with van der Waals surface area (Å²) in [5.74, 6) is 0. The molecule has 1 fully saturated rings. The van der Waals surface area contributed by atoms with Crippen LogP contribution < -0.4 is 4.90 Å². The lowest BCUT2D eigenvalue weighted by atomic mass is 10.2. The van der Waals surface area contributed by atoms with Gasteiger partial charge in [-0.15, -0.1) is 0 Å². The van der Waals surface area contributed by atoms with E-state index in [-0.39, 0.29) is 0 Å². The first-order chi connectivity index (χ1) is 10.8. The highest BCUT2D eigenvalue weighted by atomic mass is 79.9. The number of halogens is 1. The maximum atomic E-state index is 4.60. The summed E-state index contributed by atoms with van der Waals surface area (Å²) in [5, 5.41) is 6.78. The fourth-order valence-corrected chi connectivity index (χ4v) is 2.95. The molecule has 1 saturated heterocycles. The zero-order valence-electron chi connectivity index (χ0n) is 12.6. The molecule has 0 unspecified atom stereocenters. The van der Waals surface area contributed by atoms with Crippen molar-refractivity contribution in [3.8, 4) is 0 Å². The molecule has 0 amide bonds. The predicted molar refractivity (Wildman–Crippen MR) is 94.2 cm³/mol. The van der Waals surface area contributed by atoms with E-state index in [9.17, 15) is 0 Å². The minimum Gasteiger partial charge on any atom is -0.328 e. The van der Waals surface area contributed by atoms with Crippen LogP contribution >= 0.6 is 15.9 Å².